The van der Waals surface area contributed by atoms with Gasteiger partial charge < -0.3 is 9.47 Å². The molecule has 0 N–H and O–H groups in total. The van der Waals surface area contributed by atoms with Gasteiger partial charge in [-0.05, 0) is 0 Å². The first-order chi connectivity index (χ1) is 7.53. The third-order valence-electron chi connectivity index (χ3n) is 2.32. The summed E-state index contributed by atoms with van der Waals surface area (Å²) in [5.41, 5.74) is 0. The topological polar surface area (TPSA) is 21.7 Å². The fourth-order valence-electron chi connectivity index (χ4n) is 1.50. The van der Waals surface area contributed by atoms with Gasteiger partial charge in [0.15, 0.2) is 0 Å². The SMILES string of the molecule is FC(F)(F)COCCN1CCOCC1CCl. The van der Waals surface area contributed by atoms with E-state index in [1.807, 2.05) is 4.90 Å². The second-order valence-corrected chi connectivity index (χ2v) is 3.90. The fraction of sp³-hybridized carbons (Fsp3) is 1.00. The summed E-state index contributed by atoms with van der Waals surface area (Å²) in [5, 5.41) is 0. The average Bonchev–Trinajstić information content (AvgIpc) is 2.23. The van der Waals surface area contributed by atoms with Crippen LogP contribution in [0.25, 0.3) is 0 Å². The lowest BCUT2D eigenvalue weighted by Crippen LogP contribution is -2.47. The molecule has 0 aromatic carbocycles. The minimum atomic E-state index is -4.25. The van der Waals surface area contributed by atoms with E-state index in [0.717, 1.165) is 0 Å². The van der Waals surface area contributed by atoms with E-state index in [1.165, 1.54) is 0 Å². The molecule has 1 unspecified atom stereocenters. The van der Waals surface area contributed by atoms with Gasteiger partial charge in [-0.25, -0.2) is 0 Å². The third kappa shape index (κ3) is 5.34. The predicted octanol–water partition coefficient (Wildman–Crippen LogP) is 1.50. The van der Waals surface area contributed by atoms with Gasteiger partial charge in [0.25, 0.3) is 0 Å². The predicted molar refractivity (Wildman–Crippen MR) is 53.8 cm³/mol. The Bertz CT molecular complexity index is 204. The number of hydrogen-bond donors (Lipinski definition) is 0. The van der Waals surface area contributed by atoms with Crippen LogP contribution in [-0.4, -0.2) is 62.5 Å². The normalized spacial score (nSPS) is 23.6. The Balaban J connectivity index is 2.15. The van der Waals surface area contributed by atoms with Crippen LogP contribution in [0.3, 0.4) is 0 Å². The van der Waals surface area contributed by atoms with Crippen LogP contribution in [0.5, 0.6) is 0 Å². The lowest BCUT2D eigenvalue weighted by molar-refractivity contribution is -0.175. The van der Waals surface area contributed by atoms with Gasteiger partial charge in [-0.1, -0.05) is 0 Å². The van der Waals surface area contributed by atoms with Gasteiger partial charge in [-0.3, -0.25) is 4.90 Å². The molecule has 0 aliphatic carbocycles. The summed E-state index contributed by atoms with van der Waals surface area (Å²) >= 11 is 5.72. The molecule has 96 valence electrons. The van der Waals surface area contributed by atoms with Gasteiger partial charge in [-0.15, -0.1) is 11.6 Å². The third-order valence-corrected chi connectivity index (χ3v) is 2.67. The van der Waals surface area contributed by atoms with Crippen molar-refractivity contribution in [1.82, 2.24) is 4.90 Å². The molecule has 0 aromatic heterocycles. The molecule has 1 heterocycles. The van der Waals surface area contributed by atoms with Crippen molar-refractivity contribution in [3.63, 3.8) is 0 Å². The summed E-state index contributed by atoms with van der Waals surface area (Å²) in [6.07, 6.45) is -4.25. The second kappa shape index (κ2) is 6.64. The summed E-state index contributed by atoms with van der Waals surface area (Å²) in [6, 6.07) is 0.0740. The quantitative estimate of drug-likeness (QED) is 0.553. The molecule has 0 saturated carbocycles. The van der Waals surface area contributed by atoms with Gasteiger partial charge in [-0.2, -0.15) is 13.2 Å². The summed E-state index contributed by atoms with van der Waals surface area (Å²) in [4.78, 5) is 1.99. The van der Waals surface area contributed by atoms with E-state index < -0.39 is 12.8 Å². The maximum absolute atomic E-state index is 11.8. The molecule has 1 fully saturated rings. The molecule has 1 aliphatic heterocycles. The molecule has 1 aliphatic rings. The first kappa shape index (κ1) is 14.0. The summed E-state index contributed by atoms with van der Waals surface area (Å²) in [7, 11) is 0. The van der Waals surface area contributed by atoms with Gasteiger partial charge >= 0.3 is 6.18 Å². The zero-order valence-corrected chi connectivity index (χ0v) is 9.56. The number of hydrogen-bond acceptors (Lipinski definition) is 3. The molecule has 0 radical (unpaired) electrons. The highest BCUT2D eigenvalue weighted by Gasteiger charge is 2.28. The van der Waals surface area contributed by atoms with Crippen LogP contribution < -0.4 is 0 Å². The Morgan fingerprint density at radius 3 is 2.81 bits per heavy atom. The van der Waals surface area contributed by atoms with Crippen molar-refractivity contribution in [3.05, 3.63) is 0 Å². The first-order valence-corrected chi connectivity index (χ1v) is 5.58. The van der Waals surface area contributed by atoms with E-state index in [1.54, 1.807) is 0 Å². The lowest BCUT2D eigenvalue weighted by atomic mass is 10.2. The van der Waals surface area contributed by atoms with Gasteiger partial charge in [0.05, 0.1) is 19.8 Å². The molecule has 1 atom stereocenters. The molecule has 7 heteroatoms. The maximum atomic E-state index is 11.8. The summed E-state index contributed by atoms with van der Waals surface area (Å²) in [5.74, 6) is 0.416. The lowest BCUT2D eigenvalue weighted by Gasteiger charge is -2.34. The van der Waals surface area contributed by atoms with E-state index in [9.17, 15) is 13.2 Å². The molecular formula is C9H15ClF3NO2. The van der Waals surface area contributed by atoms with E-state index in [4.69, 9.17) is 16.3 Å². The minimum absolute atomic E-state index is 0.0624. The van der Waals surface area contributed by atoms with Crippen LogP contribution in [0.2, 0.25) is 0 Å². The van der Waals surface area contributed by atoms with Gasteiger partial charge in [0, 0.05) is 25.0 Å². The number of halogens is 4. The van der Waals surface area contributed by atoms with E-state index in [-0.39, 0.29) is 12.6 Å². The van der Waals surface area contributed by atoms with Crippen LogP contribution in [0.4, 0.5) is 13.2 Å². The van der Waals surface area contributed by atoms with E-state index >= 15 is 0 Å². The zero-order chi connectivity index (χ0) is 12.0. The Hall–Kier alpha value is -0.0400. The Labute approximate surface area is 97.4 Å². The molecular weight excluding hydrogens is 247 g/mol. The van der Waals surface area contributed by atoms with Crippen LogP contribution in [0, 0.1) is 0 Å². The second-order valence-electron chi connectivity index (χ2n) is 3.59. The number of rotatable bonds is 5. The Kier molecular flexibility index (Phi) is 5.82. The number of alkyl halides is 4. The smallest absolute Gasteiger partial charge is 0.378 e. The molecule has 0 spiro atoms. The molecule has 0 amide bonds. The van der Waals surface area contributed by atoms with Crippen molar-refractivity contribution in [3.8, 4) is 0 Å². The molecule has 1 rings (SSSR count). The monoisotopic (exact) mass is 261 g/mol. The van der Waals surface area contributed by atoms with Crippen molar-refractivity contribution >= 4 is 11.6 Å². The zero-order valence-electron chi connectivity index (χ0n) is 8.80. The highest BCUT2D eigenvalue weighted by molar-refractivity contribution is 6.18. The summed E-state index contributed by atoms with van der Waals surface area (Å²) < 4.78 is 45.1. The molecule has 1 saturated heterocycles. The van der Waals surface area contributed by atoms with Crippen molar-refractivity contribution in [2.24, 2.45) is 0 Å². The van der Waals surface area contributed by atoms with E-state index in [2.05, 4.69) is 4.74 Å². The van der Waals surface area contributed by atoms with E-state index in [0.29, 0.717) is 32.2 Å². The highest BCUT2D eigenvalue weighted by Crippen LogP contribution is 2.14. The maximum Gasteiger partial charge on any atom is 0.411 e. The van der Waals surface area contributed by atoms with Crippen LogP contribution in [-0.2, 0) is 9.47 Å². The van der Waals surface area contributed by atoms with Crippen molar-refractivity contribution in [2.45, 2.75) is 12.2 Å². The standard InChI is InChI=1S/C9H15ClF3NO2/c10-5-8-6-15-3-1-14(8)2-4-16-7-9(11,12)13/h8H,1-7H2. The molecule has 3 nitrogen and oxygen atoms in total. The molecule has 0 aromatic rings. The number of nitrogens with zero attached hydrogens (tertiary/aromatic N) is 1. The Morgan fingerprint density at radius 1 is 1.44 bits per heavy atom. The highest BCUT2D eigenvalue weighted by atomic mass is 35.5. The van der Waals surface area contributed by atoms with Crippen molar-refractivity contribution in [2.75, 3.05) is 45.4 Å². The minimum Gasteiger partial charge on any atom is -0.378 e. The molecule has 0 bridgehead atoms. The number of morpholine rings is 1. The number of ether oxygens (including phenoxy) is 2. The molecule has 16 heavy (non-hydrogen) atoms. The van der Waals surface area contributed by atoms with Crippen LogP contribution >= 0.6 is 11.6 Å². The Morgan fingerprint density at radius 2 is 2.19 bits per heavy atom. The van der Waals surface area contributed by atoms with Gasteiger partial charge in [0.1, 0.15) is 6.61 Å². The average molecular weight is 262 g/mol. The van der Waals surface area contributed by atoms with Crippen molar-refractivity contribution < 1.29 is 22.6 Å². The van der Waals surface area contributed by atoms with Gasteiger partial charge in [0.2, 0.25) is 0 Å². The van der Waals surface area contributed by atoms with Crippen molar-refractivity contribution in [1.29, 1.82) is 0 Å². The van der Waals surface area contributed by atoms with Crippen LogP contribution in [0.15, 0.2) is 0 Å². The largest absolute Gasteiger partial charge is 0.411 e. The first-order valence-electron chi connectivity index (χ1n) is 5.05. The summed E-state index contributed by atoms with van der Waals surface area (Å²) in [6.45, 7) is 1.13. The van der Waals surface area contributed by atoms with Crippen LogP contribution in [0.1, 0.15) is 0 Å². The fourth-order valence-corrected chi connectivity index (χ4v) is 1.78.